The minimum absolute atomic E-state index is 0. The summed E-state index contributed by atoms with van der Waals surface area (Å²) in [4.78, 5) is 11.3. The molecule has 140 valence electrons. The summed E-state index contributed by atoms with van der Waals surface area (Å²) in [5, 5.41) is 9.27. The average Bonchev–Trinajstić information content (AvgIpc) is 2.42. The van der Waals surface area contributed by atoms with Gasteiger partial charge in [0.05, 0.1) is 21.1 Å². The van der Waals surface area contributed by atoms with Crippen LogP contribution < -0.4 is 12.4 Å². The molecule has 0 aliphatic rings. The van der Waals surface area contributed by atoms with E-state index in [-0.39, 0.29) is 18.4 Å². The van der Waals surface area contributed by atoms with Crippen LogP contribution in [0.2, 0.25) is 0 Å². The molecule has 0 heterocycles. The maximum atomic E-state index is 11.3. The van der Waals surface area contributed by atoms with Gasteiger partial charge in [-0.25, -0.2) is 4.79 Å². The Hall–Kier alpha value is -0.280. The maximum Gasteiger partial charge on any atom is 0.362 e. The molecule has 0 aromatic carbocycles. The van der Waals surface area contributed by atoms with Gasteiger partial charge in [0.15, 0.2) is 6.04 Å². The van der Waals surface area contributed by atoms with Crippen molar-refractivity contribution in [1.29, 1.82) is 0 Å². The highest BCUT2D eigenvalue weighted by molar-refractivity contribution is 5.72. The molecule has 1 N–H and O–H groups in total. The molecular weight excluding hydrogens is 310 g/mol. The number of hydrogen-bond donors (Lipinski definition) is 1. The van der Waals surface area contributed by atoms with Crippen LogP contribution >= 0.6 is 0 Å². The summed E-state index contributed by atoms with van der Waals surface area (Å²) in [6.07, 6.45) is 16.7. The molecule has 1 atom stereocenters. The van der Waals surface area contributed by atoms with Gasteiger partial charge < -0.3 is 22.0 Å². The van der Waals surface area contributed by atoms with Crippen molar-refractivity contribution in [2.75, 3.05) is 21.1 Å². The van der Waals surface area contributed by atoms with Crippen LogP contribution in [-0.4, -0.2) is 42.7 Å². The fourth-order valence-electron chi connectivity index (χ4n) is 3.02. The predicted octanol–water partition coefficient (Wildman–Crippen LogP) is 2.24. The number of quaternary nitrogens is 1. The van der Waals surface area contributed by atoms with Gasteiger partial charge >= 0.3 is 5.97 Å². The quantitative estimate of drug-likeness (QED) is 0.363. The largest absolute Gasteiger partial charge is 1.00 e. The van der Waals surface area contributed by atoms with Gasteiger partial charge in [0.2, 0.25) is 0 Å². The Morgan fingerprint density at radius 1 is 0.783 bits per heavy atom. The lowest BCUT2D eigenvalue weighted by atomic mass is 10.0. The number of carboxylic acid groups (broad SMARTS) is 1. The second-order valence-electron chi connectivity index (χ2n) is 7.65. The summed E-state index contributed by atoms with van der Waals surface area (Å²) in [6, 6.07) is -0.261. The number of hydrogen-bond acceptors (Lipinski definition) is 1. The Labute approximate surface area is 150 Å². The van der Waals surface area contributed by atoms with Crippen LogP contribution in [-0.2, 0) is 4.79 Å². The monoisotopic (exact) mass is 349 g/mol. The highest BCUT2D eigenvalue weighted by atomic mass is 35.5. The number of unbranched alkanes of at least 4 members (excludes halogenated alkanes) is 11. The van der Waals surface area contributed by atoms with Crippen molar-refractivity contribution in [2.45, 2.75) is 96.4 Å². The molecule has 4 heteroatoms. The first kappa shape index (κ1) is 25.0. The predicted molar refractivity (Wildman–Crippen MR) is 95.2 cm³/mol. The van der Waals surface area contributed by atoms with Crippen molar-refractivity contribution >= 4 is 5.97 Å². The van der Waals surface area contributed by atoms with Crippen LogP contribution in [0.25, 0.3) is 0 Å². The van der Waals surface area contributed by atoms with Crippen molar-refractivity contribution < 1.29 is 26.8 Å². The molecule has 0 aromatic heterocycles. The number of likely N-dealkylation sites (N-methyl/N-ethyl adjacent to an activating group) is 1. The highest BCUT2D eigenvalue weighted by Gasteiger charge is 2.30. The second-order valence-corrected chi connectivity index (χ2v) is 7.65. The molecule has 0 rings (SSSR count). The average molecular weight is 350 g/mol. The molecule has 0 aliphatic heterocycles. The van der Waals surface area contributed by atoms with E-state index in [1.165, 1.54) is 70.6 Å². The maximum absolute atomic E-state index is 11.3. The van der Waals surface area contributed by atoms with Gasteiger partial charge in [-0.2, -0.15) is 0 Å². The molecule has 0 aromatic rings. The number of carbonyl (C=O) groups is 1. The van der Waals surface area contributed by atoms with Crippen LogP contribution in [0.4, 0.5) is 0 Å². The lowest BCUT2D eigenvalue weighted by Crippen LogP contribution is -3.00. The zero-order valence-corrected chi connectivity index (χ0v) is 16.7. The molecule has 23 heavy (non-hydrogen) atoms. The summed E-state index contributed by atoms with van der Waals surface area (Å²) in [5.41, 5.74) is 0. The molecule has 0 amide bonds. The Kier molecular flexibility index (Phi) is 16.6. The van der Waals surface area contributed by atoms with E-state index in [0.717, 1.165) is 12.8 Å². The molecule has 3 nitrogen and oxygen atoms in total. The van der Waals surface area contributed by atoms with E-state index in [1.54, 1.807) is 0 Å². The van der Waals surface area contributed by atoms with Crippen molar-refractivity contribution in [3.8, 4) is 0 Å². The molecule has 0 aliphatic carbocycles. The smallest absolute Gasteiger partial charge is 0.362 e. The summed E-state index contributed by atoms with van der Waals surface area (Å²) < 4.78 is 0.521. The van der Waals surface area contributed by atoms with Gasteiger partial charge in [0, 0.05) is 6.42 Å². The third-order valence-corrected chi connectivity index (χ3v) is 4.55. The van der Waals surface area contributed by atoms with E-state index in [9.17, 15) is 9.90 Å². The lowest BCUT2D eigenvalue weighted by Gasteiger charge is -2.31. The van der Waals surface area contributed by atoms with E-state index in [0.29, 0.717) is 4.48 Å². The van der Waals surface area contributed by atoms with E-state index < -0.39 is 5.97 Å². The van der Waals surface area contributed by atoms with Crippen LogP contribution in [0.1, 0.15) is 90.4 Å². The standard InChI is InChI=1S/C19H39NO2.ClH/c1-5-6-7-8-9-10-11-12-13-14-15-16-17-18(19(21)22)20(2,3)4;/h18H,5-17H2,1-4H3;1H. The lowest BCUT2D eigenvalue weighted by molar-refractivity contribution is -0.887. The zero-order chi connectivity index (χ0) is 16.8. The van der Waals surface area contributed by atoms with Gasteiger partial charge in [0.1, 0.15) is 0 Å². The molecule has 0 spiro atoms. The minimum atomic E-state index is -0.657. The summed E-state index contributed by atoms with van der Waals surface area (Å²) in [6.45, 7) is 2.26. The normalized spacial score (nSPS) is 12.7. The molecule has 0 bridgehead atoms. The van der Waals surface area contributed by atoms with E-state index in [2.05, 4.69) is 6.92 Å². The third-order valence-electron chi connectivity index (χ3n) is 4.55. The van der Waals surface area contributed by atoms with Gasteiger partial charge in [-0.05, 0) is 6.42 Å². The summed E-state index contributed by atoms with van der Waals surface area (Å²) in [7, 11) is 5.91. The Balaban J connectivity index is 0. The number of aliphatic carboxylic acids is 1. The SMILES string of the molecule is CCCCCCCCCCCCCCC(C(=O)O)[N+](C)(C)C.[Cl-]. The van der Waals surface area contributed by atoms with Crippen molar-refractivity contribution in [3.63, 3.8) is 0 Å². The van der Waals surface area contributed by atoms with Crippen molar-refractivity contribution in [2.24, 2.45) is 0 Å². The van der Waals surface area contributed by atoms with E-state index in [4.69, 9.17) is 0 Å². The Morgan fingerprint density at radius 3 is 1.43 bits per heavy atom. The van der Waals surface area contributed by atoms with Crippen LogP contribution in [0.3, 0.4) is 0 Å². The Bertz CT molecular complexity index is 277. The fourth-order valence-corrected chi connectivity index (χ4v) is 3.02. The van der Waals surface area contributed by atoms with E-state index >= 15 is 0 Å². The third kappa shape index (κ3) is 15.0. The molecule has 1 unspecified atom stereocenters. The second kappa shape index (κ2) is 15.3. The van der Waals surface area contributed by atoms with Crippen LogP contribution in [0.15, 0.2) is 0 Å². The first-order valence-electron chi connectivity index (χ1n) is 9.43. The Morgan fingerprint density at radius 2 is 1.13 bits per heavy atom. The number of nitrogens with zero attached hydrogens (tertiary/aromatic N) is 1. The molecule has 0 saturated carbocycles. The molecule has 0 saturated heterocycles. The molecule has 0 radical (unpaired) electrons. The van der Waals surface area contributed by atoms with Crippen molar-refractivity contribution in [3.05, 3.63) is 0 Å². The van der Waals surface area contributed by atoms with Gasteiger partial charge in [-0.3, -0.25) is 0 Å². The minimum Gasteiger partial charge on any atom is -1.00 e. The van der Waals surface area contributed by atoms with Crippen molar-refractivity contribution in [1.82, 2.24) is 0 Å². The molecule has 0 fully saturated rings. The van der Waals surface area contributed by atoms with Crippen LogP contribution in [0, 0.1) is 0 Å². The molecular formula is C19H40ClNO2. The number of halogens is 1. The van der Waals surface area contributed by atoms with Crippen LogP contribution in [0.5, 0.6) is 0 Å². The van der Waals surface area contributed by atoms with Gasteiger partial charge in [-0.1, -0.05) is 77.6 Å². The zero-order valence-electron chi connectivity index (χ0n) is 16.0. The van der Waals surface area contributed by atoms with Gasteiger partial charge in [-0.15, -0.1) is 0 Å². The topological polar surface area (TPSA) is 37.3 Å². The van der Waals surface area contributed by atoms with E-state index in [1.807, 2.05) is 21.1 Å². The van der Waals surface area contributed by atoms with Gasteiger partial charge in [0.25, 0.3) is 0 Å². The first-order valence-corrected chi connectivity index (χ1v) is 9.43. The summed E-state index contributed by atoms with van der Waals surface area (Å²) >= 11 is 0. The number of rotatable bonds is 15. The number of carboxylic acids is 1. The summed E-state index contributed by atoms with van der Waals surface area (Å²) in [5.74, 6) is -0.657. The first-order chi connectivity index (χ1) is 10.4. The fraction of sp³-hybridized carbons (Fsp3) is 0.947. The highest BCUT2D eigenvalue weighted by Crippen LogP contribution is 2.15.